The second-order valence-electron chi connectivity index (χ2n) is 7.01. The lowest BCUT2D eigenvalue weighted by molar-refractivity contribution is 0.0302. The monoisotopic (exact) mass is 368 g/mol. The van der Waals surface area contributed by atoms with Crippen LogP contribution in [0.15, 0.2) is 24.3 Å². The van der Waals surface area contributed by atoms with E-state index < -0.39 is 5.60 Å². The van der Waals surface area contributed by atoms with Gasteiger partial charge in [0.15, 0.2) is 0 Å². The minimum Gasteiger partial charge on any atom is -0.507 e. The Balaban J connectivity index is 2.17. The fraction of sp³-hybridized carbons (Fsp3) is 0.333. The number of fused-ring (bicyclic) bond motifs is 1. The number of hydrogen-bond donors (Lipinski definition) is 3. The van der Waals surface area contributed by atoms with Crippen LogP contribution in [0.25, 0.3) is 0 Å². The number of aromatic hydroxyl groups is 3. The number of benzene rings is 2. The molecular weight excluding hydrogens is 351 g/mol. The van der Waals surface area contributed by atoms with Gasteiger partial charge >= 0.3 is 0 Å². The van der Waals surface area contributed by atoms with Gasteiger partial charge in [0.25, 0.3) is 0 Å². The van der Waals surface area contributed by atoms with Crippen molar-refractivity contribution in [3.05, 3.63) is 45.4 Å². The van der Waals surface area contributed by atoms with E-state index in [1.54, 1.807) is 6.07 Å². The number of phenols is 3. The Kier molecular flexibility index (Phi) is 3.81. The molecule has 3 rings (SSSR count). The SMILES string of the molecule is CC1(C)C[C@@](C)(c2cc(Cl)c(O)cc2O)Oc2cc(O)c(Cl)cc21. The van der Waals surface area contributed by atoms with E-state index in [0.29, 0.717) is 17.7 Å². The summed E-state index contributed by atoms with van der Waals surface area (Å²) in [5, 5.41) is 30.2. The van der Waals surface area contributed by atoms with Crippen LogP contribution in [0.4, 0.5) is 0 Å². The van der Waals surface area contributed by atoms with Gasteiger partial charge in [-0.2, -0.15) is 0 Å². The summed E-state index contributed by atoms with van der Waals surface area (Å²) < 4.78 is 6.13. The third kappa shape index (κ3) is 2.64. The van der Waals surface area contributed by atoms with Gasteiger partial charge in [-0.1, -0.05) is 37.0 Å². The molecule has 128 valence electrons. The van der Waals surface area contributed by atoms with Crippen LogP contribution in [0.3, 0.4) is 0 Å². The quantitative estimate of drug-likeness (QED) is 0.655. The fourth-order valence-corrected chi connectivity index (χ4v) is 3.83. The molecule has 3 N–H and O–H groups in total. The highest BCUT2D eigenvalue weighted by molar-refractivity contribution is 6.32. The van der Waals surface area contributed by atoms with Crippen LogP contribution in [-0.2, 0) is 11.0 Å². The van der Waals surface area contributed by atoms with E-state index in [0.717, 1.165) is 5.56 Å². The minimum absolute atomic E-state index is 0.0663. The van der Waals surface area contributed by atoms with Crippen LogP contribution < -0.4 is 4.74 Å². The fourth-order valence-electron chi connectivity index (χ4n) is 3.50. The van der Waals surface area contributed by atoms with Crippen molar-refractivity contribution in [2.24, 2.45) is 0 Å². The Morgan fingerprint density at radius 3 is 2.00 bits per heavy atom. The third-order valence-corrected chi connectivity index (χ3v) is 5.13. The molecule has 1 atom stereocenters. The van der Waals surface area contributed by atoms with Gasteiger partial charge in [0, 0.05) is 29.7 Å². The average Bonchev–Trinajstić information content (AvgIpc) is 2.44. The number of ether oxygens (including phenoxy) is 1. The smallest absolute Gasteiger partial charge is 0.137 e. The Morgan fingerprint density at radius 2 is 1.38 bits per heavy atom. The molecule has 0 amide bonds. The van der Waals surface area contributed by atoms with Crippen LogP contribution >= 0.6 is 23.2 Å². The molecule has 0 saturated heterocycles. The van der Waals surface area contributed by atoms with Crippen molar-refractivity contribution in [2.75, 3.05) is 0 Å². The van der Waals surface area contributed by atoms with Crippen molar-refractivity contribution in [3.63, 3.8) is 0 Å². The van der Waals surface area contributed by atoms with Crippen LogP contribution in [0, 0.1) is 0 Å². The van der Waals surface area contributed by atoms with E-state index in [2.05, 4.69) is 0 Å². The average molecular weight is 369 g/mol. The molecule has 2 aromatic carbocycles. The molecule has 1 aliphatic rings. The zero-order valence-electron chi connectivity index (χ0n) is 13.5. The van der Waals surface area contributed by atoms with Gasteiger partial charge in [-0.3, -0.25) is 0 Å². The number of phenolic OH excluding ortho intramolecular Hbond substituents is 3. The van der Waals surface area contributed by atoms with E-state index in [9.17, 15) is 15.3 Å². The lowest BCUT2D eigenvalue weighted by Crippen LogP contribution is -2.41. The lowest BCUT2D eigenvalue weighted by atomic mass is 9.71. The Bertz CT molecular complexity index is 832. The van der Waals surface area contributed by atoms with E-state index in [4.69, 9.17) is 27.9 Å². The number of hydrogen-bond acceptors (Lipinski definition) is 4. The summed E-state index contributed by atoms with van der Waals surface area (Å²) in [4.78, 5) is 0. The first-order valence-electron chi connectivity index (χ1n) is 7.47. The lowest BCUT2D eigenvalue weighted by Gasteiger charge is -2.44. The van der Waals surface area contributed by atoms with E-state index >= 15 is 0 Å². The first kappa shape index (κ1) is 17.1. The maximum atomic E-state index is 10.3. The topological polar surface area (TPSA) is 69.9 Å². The highest BCUT2D eigenvalue weighted by Gasteiger charge is 2.45. The summed E-state index contributed by atoms with van der Waals surface area (Å²) in [6, 6.07) is 5.89. The van der Waals surface area contributed by atoms with Gasteiger partial charge in [0.05, 0.1) is 10.0 Å². The van der Waals surface area contributed by atoms with Crippen molar-refractivity contribution in [1.82, 2.24) is 0 Å². The molecule has 6 heteroatoms. The molecule has 0 saturated carbocycles. The predicted octanol–water partition coefficient (Wildman–Crippen LogP) is 5.09. The van der Waals surface area contributed by atoms with Gasteiger partial charge in [-0.15, -0.1) is 0 Å². The van der Waals surface area contributed by atoms with Gasteiger partial charge in [0.2, 0.25) is 0 Å². The first-order chi connectivity index (χ1) is 11.0. The summed E-state index contributed by atoms with van der Waals surface area (Å²) in [5.41, 5.74) is 0.139. The highest BCUT2D eigenvalue weighted by Crippen LogP contribution is 2.52. The van der Waals surface area contributed by atoms with Gasteiger partial charge in [-0.05, 0) is 24.5 Å². The first-order valence-corrected chi connectivity index (χ1v) is 8.23. The minimum atomic E-state index is -0.891. The van der Waals surface area contributed by atoms with Crippen molar-refractivity contribution < 1.29 is 20.1 Å². The molecule has 4 nitrogen and oxygen atoms in total. The Hall–Kier alpha value is -1.78. The zero-order chi connectivity index (χ0) is 17.9. The Labute approximate surface area is 150 Å². The van der Waals surface area contributed by atoms with Crippen LogP contribution in [0.1, 0.15) is 38.3 Å². The van der Waals surface area contributed by atoms with E-state index in [1.165, 1.54) is 18.2 Å². The third-order valence-electron chi connectivity index (χ3n) is 4.53. The summed E-state index contributed by atoms with van der Waals surface area (Å²) in [5.74, 6) is 0.140. The maximum absolute atomic E-state index is 10.3. The Morgan fingerprint density at radius 1 is 0.833 bits per heavy atom. The van der Waals surface area contributed by atoms with E-state index in [-0.39, 0.29) is 32.7 Å². The number of halogens is 2. The summed E-state index contributed by atoms with van der Waals surface area (Å²) in [6.07, 6.45) is 0.544. The van der Waals surface area contributed by atoms with Crippen molar-refractivity contribution in [2.45, 2.75) is 38.2 Å². The molecule has 0 aliphatic carbocycles. The van der Waals surface area contributed by atoms with Crippen molar-refractivity contribution >= 4 is 23.2 Å². The second kappa shape index (κ2) is 5.36. The molecule has 0 spiro atoms. The van der Waals surface area contributed by atoms with Crippen LogP contribution in [0.2, 0.25) is 10.0 Å². The molecule has 2 aromatic rings. The van der Waals surface area contributed by atoms with Crippen LogP contribution in [-0.4, -0.2) is 15.3 Å². The molecule has 0 fully saturated rings. The molecule has 0 unspecified atom stereocenters. The second-order valence-corrected chi connectivity index (χ2v) is 7.83. The van der Waals surface area contributed by atoms with Crippen molar-refractivity contribution in [1.29, 1.82) is 0 Å². The predicted molar refractivity (Wildman–Crippen MR) is 93.5 cm³/mol. The largest absolute Gasteiger partial charge is 0.507 e. The summed E-state index contributed by atoms with van der Waals surface area (Å²) in [7, 11) is 0. The van der Waals surface area contributed by atoms with Gasteiger partial charge in [-0.25, -0.2) is 0 Å². The molecule has 24 heavy (non-hydrogen) atoms. The van der Waals surface area contributed by atoms with Crippen molar-refractivity contribution in [3.8, 4) is 23.0 Å². The van der Waals surface area contributed by atoms with Gasteiger partial charge in [0.1, 0.15) is 28.6 Å². The van der Waals surface area contributed by atoms with Gasteiger partial charge < -0.3 is 20.1 Å². The van der Waals surface area contributed by atoms with Crippen LogP contribution in [0.5, 0.6) is 23.0 Å². The molecule has 0 bridgehead atoms. The molecular formula is C18H18Cl2O4. The summed E-state index contributed by atoms with van der Waals surface area (Å²) in [6.45, 7) is 5.92. The molecule has 0 aromatic heterocycles. The maximum Gasteiger partial charge on any atom is 0.137 e. The standard InChI is InChI=1S/C18H18Cl2O4/c1-17(2)8-18(3,9-4-11(19)14(22)6-13(9)21)24-16-7-15(23)12(20)5-10(16)17/h4-7,21-23H,8H2,1-3H3/t18-/m0/s1. The molecule has 1 heterocycles. The normalized spacial score (nSPS) is 21.9. The molecule has 0 radical (unpaired) electrons. The summed E-state index contributed by atoms with van der Waals surface area (Å²) >= 11 is 12.0. The zero-order valence-corrected chi connectivity index (χ0v) is 15.0. The highest BCUT2D eigenvalue weighted by atomic mass is 35.5. The molecule has 1 aliphatic heterocycles. The van der Waals surface area contributed by atoms with E-state index in [1.807, 2.05) is 20.8 Å². The number of rotatable bonds is 1.